The molecule has 0 spiro atoms. The van der Waals surface area contributed by atoms with Crippen LogP contribution in [0, 0.1) is 0 Å². The molecule has 0 radical (unpaired) electrons. The largest absolute Gasteiger partial charge is 0.394 e. The summed E-state index contributed by atoms with van der Waals surface area (Å²) >= 11 is 0. The molecule has 22 nitrogen and oxygen atoms in total. The zero-order chi connectivity index (χ0) is 37.2. The van der Waals surface area contributed by atoms with Gasteiger partial charge in [0.2, 0.25) is 11.8 Å². The number of rotatable bonds is 11. The van der Waals surface area contributed by atoms with Gasteiger partial charge in [-0.1, -0.05) is 0 Å². The summed E-state index contributed by atoms with van der Waals surface area (Å²) in [4.78, 5) is 24.2. The van der Waals surface area contributed by atoms with E-state index >= 15 is 0 Å². The Kier molecular flexibility index (Phi) is 13.9. The predicted octanol–water partition coefficient (Wildman–Crippen LogP) is -8.43. The quantitative estimate of drug-likeness (QED) is 0.0938. The summed E-state index contributed by atoms with van der Waals surface area (Å²) in [6.45, 7) is 0.659. The maximum Gasteiger partial charge on any atom is 0.217 e. The SMILES string of the molecule is CC(=O)N[C@@H]1[C@@H](O)[C@H](O[C@@H]2O[C@H](CO)[C@@H](O[C@H]3O[C@H](CO)[C@@H](O)[C@H](O)[C@@H]3O)[C@H](O)[C@H]2NC(C)=O)[C@@H](CO[C@@]2(C)OC[C@@H](O)[C@H](O)[C@@H]2O)O[C@H]1O. The number of ether oxygens (including phenoxy) is 7. The molecule has 0 saturated carbocycles. The maximum absolute atomic E-state index is 12.3. The molecule has 290 valence electrons. The number of hydrogen-bond donors (Lipinski definition) is 13. The number of aliphatic hydroxyl groups is 11. The Balaban J connectivity index is 1.60. The predicted molar refractivity (Wildman–Crippen MR) is 156 cm³/mol. The summed E-state index contributed by atoms with van der Waals surface area (Å²) in [6, 6.07) is -3.09. The molecule has 0 aromatic heterocycles. The molecule has 19 atom stereocenters. The lowest BCUT2D eigenvalue weighted by molar-refractivity contribution is -0.368. The highest BCUT2D eigenvalue weighted by Crippen LogP contribution is 2.34. The zero-order valence-electron chi connectivity index (χ0n) is 27.3. The van der Waals surface area contributed by atoms with Gasteiger partial charge in [-0.3, -0.25) is 9.59 Å². The summed E-state index contributed by atoms with van der Waals surface area (Å²) in [5, 5.41) is 119. The second kappa shape index (κ2) is 16.9. The van der Waals surface area contributed by atoms with Crippen molar-refractivity contribution in [3.63, 3.8) is 0 Å². The molecule has 4 rings (SSSR count). The second-order valence-corrected chi connectivity index (χ2v) is 12.8. The number of hydrogen-bond acceptors (Lipinski definition) is 20. The molecule has 0 aromatic carbocycles. The van der Waals surface area contributed by atoms with E-state index in [2.05, 4.69) is 10.6 Å². The minimum absolute atomic E-state index is 0.433. The third kappa shape index (κ3) is 8.70. The van der Waals surface area contributed by atoms with E-state index in [1.807, 2.05) is 0 Å². The summed E-state index contributed by atoms with van der Waals surface area (Å²) in [5.74, 6) is -3.35. The molecule has 22 heteroatoms. The van der Waals surface area contributed by atoms with Crippen LogP contribution in [0.25, 0.3) is 0 Å². The molecule has 0 aromatic rings. The highest BCUT2D eigenvalue weighted by molar-refractivity contribution is 5.73. The number of carbonyl (C=O) groups is 2. The van der Waals surface area contributed by atoms with Gasteiger partial charge in [0.1, 0.15) is 91.4 Å². The van der Waals surface area contributed by atoms with E-state index in [1.54, 1.807) is 0 Å². The van der Waals surface area contributed by atoms with Crippen molar-refractivity contribution in [2.24, 2.45) is 0 Å². The Morgan fingerprint density at radius 3 is 1.82 bits per heavy atom. The van der Waals surface area contributed by atoms with E-state index in [1.165, 1.54) is 6.92 Å². The van der Waals surface area contributed by atoms with Gasteiger partial charge in [0.15, 0.2) is 24.7 Å². The topological polar surface area (TPSA) is 345 Å². The minimum Gasteiger partial charge on any atom is -0.394 e. The van der Waals surface area contributed by atoms with Crippen LogP contribution >= 0.6 is 0 Å². The standard InChI is InChI=1S/C28H48N2O20/c1-8(33)29-14-18(38)23(13(46-25(14)43)7-45-28(3)24(42)16(36)10(35)6-44-28)49-26-15(30-9(2)34)19(39)22(12(5-32)48-26)50-27-21(41)20(40)17(37)11(4-31)47-27/h10-27,31-32,35-43H,4-7H2,1-3H3,(H,29,33)(H,30,34)/t10-,11-,12-,13-,14-,15-,16+,17-,18-,19-,20+,21+,22-,23-,24+,25-,26+,27-,28-/m1/s1. The third-order valence-corrected chi connectivity index (χ3v) is 9.05. The Hall–Kier alpha value is -1.78. The lowest BCUT2D eigenvalue weighted by Crippen LogP contribution is -2.70. The fourth-order valence-electron chi connectivity index (χ4n) is 6.19. The molecule has 4 saturated heterocycles. The maximum atomic E-state index is 12.3. The van der Waals surface area contributed by atoms with E-state index in [9.17, 15) is 65.8 Å². The van der Waals surface area contributed by atoms with Crippen molar-refractivity contribution >= 4 is 11.8 Å². The molecule has 4 fully saturated rings. The Morgan fingerprint density at radius 2 is 1.22 bits per heavy atom. The van der Waals surface area contributed by atoms with Gasteiger partial charge in [-0.15, -0.1) is 0 Å². The number of carbonyl (C=O) groups excluding carboxylic acids is 2. The van der Waals surface area contributed by atoms with Gasteiger partial charge in [-0.25, -0.2) is 0 Å². The van der Waals surface area contributed by atoms with Gasteiger partial charge in [-0.05, 0) is 6.92 Å². The van der Waals surface area contributed by atoms with Crippen molar-refractivity contribution in [3.8, 4) is 0 Å². The van der Waals surface area contributed by atoms with Gasteiger partial charge < -0.3 is 100.0 Å². The molecule has 4 aliphatic heterocycles. The summed E-state index contributed by atoms with van der Waals surface area (Å²) < 4.78 is 39.6. The van der Waals surface area contributed by atoms with E-state index in [0.29, 0.717) is 0 Å². The Bertz CT molecular complexity index is 1140. The van der Waals surface area contributed by atoms with Crippen LogP contribution in [0.4, 0.5) is 0 Å². The van der Waals surface area contributed by atoms with Crippen LogP contribution in [0.2, 0.25) is 0 Å². The smallest absolute Gasteiger partial charge is 0.217 e. The van der Waals surface area contributed by atoms with Crippen LogP contribution in [0.3, 0.4) is 0 Å². The van der Waals surface area contributed by atoms with Gasteiger partial charge in [-0.2, -0.15) is 0 Å². The fraction of sp³-hybridized carbons (Fsp3) is 0.929. The summed E-state index contributed by atoms with van der Waals surface area (Å²) in [6.07, 6.45) is -27.1. The molecule has 2 amide bonds. The normalized spacial score (nSPS) is 48.5. The fourth-order valence-corrected chi connectivity index (χ4v) is 6.19. The molecule has 13 N–H and O–H groups in total. The molecule has 50 heavy (non-hydrogen) atoms. The first-order chi connectivity index (χ1) is 23.4. The first-order valence-electron chi connectivity index (χ1n) is 15.9. The Morgan fingerprint density at radius 1 is 0.680 bits per heavy atom. The van der Waals surface area contributed by atoms with E-state index < -0.39 is 154 Å². The first kappa shape index (κ1) is 41.0. The van der Waals surface area contributed by atoms with Gasteiger partial charge >= 0.3 is 0 Å². The van der Waals surface area contributed by atoms with Crippen molar-refractivity contribution in [3.05, 3.63) is 0 Å². The van der Waals surface area contributed by atoms with Crippen LogP contribution in [-0.2, 0) is 42.7 Å². The number of amides is 2. The van der Waals surface area contributed by atoms with Crippen LogP contribution in [0.15, 0.2) is 0 Å². The Labute approximate surface area is 285 Å². The minimum atomic E-state index is -1.94. The zero-order valence-corrected chi connectivity index (χ0v) is 27.3. The van der Waals surface area contributed by atoms with Gasteiger partial charge in [0.25, 0.3) is 0 Å². The molecule has 0 unspecified atom stereocenters. The summed E-state index contributed by atoms with van der Waals surface area (Å²) in [5.41, 5.74) is 0. The van der Waals surface area contributed by atoms with Crippen LogP contribution in [0.5, 0.6) is 0 Å². The van der Waals surface area contributed by atoms with Crippen molar-refractivity contribution in [2.75, 3.05) is 26.4 Å². The lowest BCUT2D eigenvalue weighted by atomic mass is 9.94. The molecular formula is C28H48N2O20. The first-order valence-corrected chi connectivity index (χ1v) is 15.9. The lowest BCUT2D eigenvalue weighted by Gasteiger charge is -2.50. The third-order valence-electron chi connectivity index (χ3n) is 9.05. The van der Waals surface area contributed by atoms with Crippen LogP contribution < -0.4 is 10.6 Å². The van der Waals surface area contributed by atoms with E-state index in [0.717, 1.165) is 13.8 Å². The number of aliphatic hydroxyl groups excluding tert-OH is 11. The van der Waals surface area contributed by atoms with Crippen molar-refractivity contribution in [1.29, 1.82) is 0 Å². The highest BCUT2D eigenvalue weighted by Gasteiger charge is 2.55. The second-order valence-electron chi connectivity index (χ2n) is 12.8. The van der Waals surface area contributed by atoms with Crippen molar-refractivity contribution < 1.29 is 98.9 Å². The molecule has 0 aliphatic carbocycles. The summed E-state index contributed by atoms with van der Waals surface area (Å²) in [7, 11) is 0. The van der Waals surface area contributed by atoms with Crippen LogP contribution in [-0.4, -0.2) is 211 Å². The monoisotopic (exact) mass is 732 g/mol. The average molecular weight is 733 g/mol. The number of nitrogens with one attached hydrogen (secondary N) is 2. The molecule has 4 aliphatic rings. The highest BCUT2D eigenvalue weighted by atomic mass is 16.8. The average Bonchev–Trinajstić information content (AvgIpc) is 3.06. The molecular weight excluding hydrogens is 684 g/mol. The van der Waals surface area contributed by atoms with E-state index in [4.69, 9.17) is 33.2 Å². The van der Waals surface area contributed by atoms with Crippen molar-refractivity contribution in [1.82, 2.24) is 10.6 Å². The van der Waals surface area contributed by atoms with E-state index in [-0.39, 0.29) is 0 Å². The van der Waals surface area contributed by atoms with Crippen molar-refractivity contribution in [2.45, 2.75) is 137 Å². The molecule has 4 heterocycles. The van der Waals surface area contributed by atoms with Gasteiger partial charge in [0, 0.05) is 13.8 Å². The molecule has 0 bridgehead atoms. The van der Waals surface area contributed by atoms with Crippen LogP contribution in [0.1, 0.15) is 20.8 Å². The van der Waals surface area contributed by atoms with Gasteiger partial charge in [0.05, 0.1) is 26.4 Å².